The Kier molecular flexibility index (Phi) is 3.11. The van der Waals surface area contributed by atoms with Crippen LogP contribution in [0, 0.1) is 12.7 Å². The van der Waals surface area contributed by atoms with Gasteiger partial charge in [-0.1, -0.05) is 18.2 Å². The molecule has 94 valence electrons. The average Bonchev–Trinajstić information content (AvgIpc) is 2.32. The molecule has 0 bridgehead atoms. The quantitative estimate of drug-likeness (QED) is 0.640. The maximum Gasteiger partial charge on any atom is 0.416 e. The molecule has 0 saturated carbocycles. The number of rotatable bonds is 1. The van der Waals surface area contributed by atoms with E-state index in [-0.39, 0.29) is 5.82 Å². The van der Waals surface area contributed by atoms with Crippen LogP contribution >= 0.6 is 0 Å². The van der Waals surface area contributed by atoms with Crippen molar-refractivity contribution in [3.8, 4) is 11.1 Å². The highest BCUT2D eigenvalue weighted by atomic mass is 19.4. The Morgan fingerprint density at radius 1 is 0.833 bits per heavy atom. The molecule has 4 heteroatoms. The van der Waals surface area contributed by atoms with Gasteiger partial charge in [-0.25, -0.2) is 4.39 Å². The molecule has 0 heterocycles. The van der Waals surface area contributed by atoms with E-state index in [4.69, 9.17) is 0 Å². The van der Waals surface area contributed by atoms with E-state index in [0.29, 0.717) is 16.7 Å². The molecule has 0 aliphatic carbocycles. The predicted octanol–water partition coefficient (Wildman–Crippen LogP) is 4.82. The highest BCUT2D eigenvalue weighted by Gasteiger charge is 2.29. The highest BCUT2D eigenvalue weighted by Crippen LogP contribution is 2.31. The van der Waals surface area contributed by atoms with Gasteiger partial charge in [-0.15, -0.1) is 0 Å². The van der Waals surface area contributed by atoms with E-state index >= 15 is 0 Å². The van der Waals surface area contributed by atoms with Crippen molar-refractivity contribution in [1.82, 2.24) is 0 Å². The molecule has 0 nitrogen and oxygen atoms in total. The van der Waals surface area contributed by atoms with Crippen molar-refractivity contribution in [1.29, 1.82) is 0 Å². The summed E-state index contributed by atoms with van der Waals surface area (Å²) in [6.07, 6.45) is -4.34. The van der Waals surface area contributed by atoms with Crippen LogP contribution in [0.4, 0.5) is 17.6 Å². The van der Waals surface area contributed by atoms with E-state index in [1.807, 2.05) is 0 Å². The summed E-state index contributed by atoms with van der Waals surface area (Å²) in [5.74, 6) is -0.328. The van der Waals surface area contributed by atoms with Crippen molar-refractivity contribution in [2.75, 3.05) is 0 Å². The summed E-state index contributed by atoms with van der Waals surface area (Å²) in [6.45, 7) is 1.61. The maximum absolute atomic E-state index is 13.1. The smallest absolute Gasteiger partial charge is 0.207 e. The van der Waals surface area contributed by atoms with Crippen molar-refractivity contribution < 1.29 is 17.6 Å². The fraction of sp³-hybridized carbons (Fsp3) is 0.143. The third kappa shape index (κ3) is 2.53. The van der Waals surface area contributed by atoms with Crippen LogP contribution in [-0.4, -0.2) is 0 Å². The lowest BCUT2D eigenvalue weighted by Gasteiger charge is -2.08. The molecule has 0 aromatic heterocycles. The minimum Gasteiger partial charge on any atom is -0.207 e. The van der Waals surface area contributed by atoms with Crippen molar-refractivity contribution >= 4 is 0 Å². The molecule has 2 aromatic carbocycles. The van der Waals surface area contributed by atoms with Crippen LogP contribution in [0.15, 0.2) is 42.5 Å². The Hall–Kier alpha value is -1.84. The zero-order chi connectivity index (χ0) is 13.3. The Morgan fingerprint density at radius 3 is 1.89 bits per heavy atom. The van der Waals surface area contributed by atoms with E-state index in [9.17, 15) is 17.6 Å². The molecule has 0 spiro atoms. The average molecular weight is 254 g/mol. The van der Waals surface area contributed by atoms with Gasteiger partial charge in [0.05, 0.1) is 5.56 Å². The van der Waals surface area contributed by atoms with E-state index in [1.54, 1.807) is 19.1 Å². The summed E-state index contributed by atoms with van der Waals surface area (Å²) >= 11 is 0. The first-order valence-electron chi connectivity index (χ1n) is 5.32. The van der Waals surface area contributed by atoms with E-state index < -0.39 is 11.7 Å². The van der Waals surface area contributed by atoms with Gasteiger partial charge in [-0.3, -0.25) is 0 Å². The third-order valence-corrected chi connectivity index (χ3v) is 2.70. The first-order valence-corrected chi connectivity index (χ1v) is 5.32. The second-order valence-electron chi connectivity index (χ2n) is 4.04. The lowest BCUT2D eigenvalue weighted by molar-refractivity contribution is -0.137. The molecule has 2 rings (SSSR count). The van der Waals surface area contributed by atoms with Crippen LogP contribution in [0.3, 0.4) is 0 Å². The Bertz CT molecular complexity index is 553. The molecule has 0 fully saturated rings. The minimum atomic E-state index is -4.34. The summed E-state index contributed by atoms with van der Waals surface area (Å²) in [6, 6.07) is 9.28. The zero-order valence-electron chi connectivity index (χ0n) is 9.55. The molecule has 0 aliphatic heterocycles. The van der Waals surface area contributed by atoms with E-state index in [0.717, 1.165) is 12.1 Å². The molecule has 0 radical (unpaired) electrons. The van der Waals surface area contributed by atoms with Gasteiger partial charge < -0.3 is 0 Å². The number of alkyl halides is 3. The van der Waals surface area contributed by atoms with Gasteiger partial charge in [-0.2, -0.15) is 13.2 Å². The SMILES string of the molecule is Cc1cc(-c2ccc(C(F)(F)F)cc2)ccc1F. The standard InChI is InChI=1S/C14H10F4/c1-9-8-11(4-7-13(9)15)10-2-5-12(6-3-10)14(16,17)18/h2-8H,1H3. The lowest BCUT2D eigenvalue weighted by atomic mass is 10.0. The van der Waals surface area contributed by atoms with Gasteiger partial charge in [0.1, 0.15) is 5.82 Å². The largest absolute Gasteiger partial charge is 0.416 e. The number of benzene rings is 2. The molecule has 0 saturated heterocycles. The van der Waals surface area contributed by atoms with Crippen LogP contribution in [0.1, 0.15) is 11.1 Å². The van der Waals surface area contributed by atoms with Crippen LogP contribution in [0.2, 0.25) is 0 Å². The molecular formula is C14H10F4. The van der Waals surface area contributed by atoms with Gasteiger partial charge in [0, 0.05) is 0 Å². The van der Waals surface area contributed by atoms with Crippen molar-refractivity contribution in [3.63, 3.8) is 0 Å². The number of hydrogen-bond acceptors (Lipinski definition) is 0. The Labute approximate surface area is 102 Å². The summed E-state index contributed by atoms with van der Waals surface area (Å²) in [5.41, 5.74) is 1.10. The summed E-state index contributed by atoms with van der Waals surface area (Å²) < 4.78 is 50.3. The predicted molar refractivity (Wildman–Crippen MR) is 61.6 cm³/mol. The van der Waals surface area contributed by atoms with Crippen molar-refractivity contribution in [2.45, 2.75) is 13.1 Å². The fourth-order valence-electron chi connectivity index (χ4n) is 1.68. The fourth-order valence-corrected chi connectivity index (χ4v) is 1.68. The molecule has 0 N–H and O–H groups in total. The highest BCUT2D eigenvalue weighted by molar-refractivity contribution is 5.64. The van der Waals surface area contributed by atoms with Crippen molar-refractivity contribution in [2.24, 2.45) is 0 Å². The monoisotopic (exact) mass is 254 g/mol. The molecule has 2 aromatic rings. The van der Waals surface area contributed by atoms with Gasteiger partial charge >= 0.3 is 6.18 Å². The number of halogens is 4. The molecule has 0 aliphatic rings. The first kappa shape index (κ1) is 12.6. The second-order valence-corrected chi connectivity index (χ2v) is 4.04. The topological polar surface area (TPSA) is 0 Å². The van der Waals surface area contributed by atoms with Gasteiger partial charge in [0.2, 0.25) is 0 Å². The second kappa shape index (κ2) is 4.44. The lowest BCUT2D eigenvalue weighted by Crippen LogP contribution is -2.03. The first-order chi connectivity index (χ1) is 8.38. The molecule has 0 unspecified atom stereocenters. The minimum absolute atomic E-state index is 0.328. The summed E-state index contributed by atoms with van der Waals surface area (Å²) in [5, 5.41) is 0. The normalized spacial score (nSPS) is 11.6. The van der Waals surface area contributed by atoms with Crippen LogP contribution in [-0.2, 0) is 6.18 Å². The maximum atomic E-state index is 13.1. The molecule has 18 heavy (non-hydrogen) atoms. The van der Waals surface area contributed by atoms with Crippen LogP contribution in [0.25, 0.3) is 11.1 Å². The number of aryl methyl sites for hydroxylation is 1. The van der Waals surface area contributed by atoms with Gasteiger partial charge in [-0.05, 0) is 47.9 Å². The van der Waals surface area contributed by atoms with E-state index in [2.05, 4.69) is 0 Å². The zero-order valence-corrected chi connectivity index (χ0v) is 9.55. The number of hydrogen-bond donors (Lipinski definition) is 0. The summed E-state index contributed by atoms with van der Waals surface area (Å²) in [7, 11) is 0. The van der Waals surface area contributed by atoms with Crippen LogP contribution < -0.4 is 0 Å². The molecular weight excluding hydrogens is 244 g/mol. The molecule has 0 atom stereocenters. The Balaban J connectivity index is 2.37. The summed E-state index contributed by atoms with van der Waals surface area (Å²) in [4.78, 5) is 0. The Morgan fingerprint density at radius 2 is 1.39 bits per heavy atom. The van der Waals surface area contributed by atoms with E-state index in [1.165, 1.54) is 18.2 Å². The molecule has 0 amide bonds. The van der Waals surface area contributed by atoms with Gasteiger partial charge in [0.25, 0.3) is 0 Å². The van der Waals surface area contributed by atoms with Crippen LogP contribution in [0.5, 0.6) is 0 Å². The van der Waals surface area contributed by atoms with Crippen molar-refractivity contribution in [3.05, 3.63) is 59.4 Å². The third-order valence-electron chi connectivity index (χ3n) is 2.70. The van der Waals surface area contributed by atoms with Gasteiger partial charge in [0.15, 0.2) is 0 Å².